The molecule has 4 nitrogen and oxygen atoms in total. The van der Waals surface area contributed by atoms with Crippen LogP contribution in [0.25, 0.3) is 154 Å². The van der Waals surface area contributed by atoms with Gasteiger partial charge in [-0.1, -0.05) is 364 Å². The highest BCUT2D eigenvalue weighted by Crippen LogP contribution is 2.74. The maximum Gasteiger partial charge on any atom is 0.159 e. The Morgan fingerprint density at radius 2 is 0.517 bits per heavy atom. The summed E-state index contributed by atoms with van der Waals surface area (Å²) in [5, 5.41) is 11.7. The molecule has 2 aliphatic rings. The van der Waals surface area contributed by atoms with Crippen molar-refractivity contribution in [1.29, 1.82) is 0 Å². The van der Waals surface area contributed by atoms with Crippen LogP contribution in [0.2, 0.25) is 0 Å². The van der Waals surface area contributed by atoms with E-state index in [1.807, 2.05) is 133 Å². The Bertz CT molecular complexity index is 7470. The molecule has 6 heteroatoms. The zero-order valence-corrected chi connectivity index (χ0v) is 64.9. The molecule has 0 radical (unpaired) electrons. The number of para-hydroxylation sites is 4. The first-order valence-corrected chi connectivity index (χ1v) is 41.0. The minimum absolute atomic E-state index is 0.348. The van der Waals surface area contributed by atoms with Gasteiger partial charge in [0.05, 0.1) is 45.0 Å². The van der Waals surface area contributed by atoms with Crippen molar-refractivity contribution in [2.24, 2.45) is 0 Å². The lowest BCUT2D eigenvalue weighted by atomic mass is 9.49. The van der Waals surface area contributed by atoms with Gasteiger partial charge in [0.1, 0.15) is 22.8 Å². The predicted molar refractivity (Wildman–Crippen MR) is 492 cm³/mol. The van der Waals surface area contributed by atoms with Crippen LogP contribution in [-0.4, -0.2) is 0 Å². The van der Waals surface area contributed by atoms with Gasteiger partial charge < -0.3 is 18.6 Å². The maximum atomic E-state index is 19.9. The molecule has 0 saturated heterocycles. The largest absolute Gasteiger partial charge is 0.454 e. The SMILES string of the molecule is Fc1cc(-c2ccccc2)cc(-c2ccccc2)c1N(c1cc2c(c3ccccc13)-c1c(ccc3ccccc13)C2(c1ccccc1)C1(c2ccccc2)c2ccc3ccccc3c2-c2c1cc(N(c1c(F)cc(-c3ccccc3)cc1-c1ccccc1)c1cccc3c1oc1ccccc13)c1ccccc21)c1cccc2c1oc1ccccc12. The van der Waals surface area contributed by atoms with Crippen LogP contribution in [0.4, 0.5) is 42.9 Å². The topological polar surface area (TPSA) is 32.8 Å². The summed E-state index contributed by atoms with van der Waals surface area (Å²) < 4.78 is 54.5. The van der Waals surface area contributed by atoms with Crippen molar-refractivity contribution in [3.05, 3.63) is 470 Å². The summed E-state index contributed by atoms with van der Waals surface area (Å²) >= 11 is 0. The van der Waals surface area contributed by atoms with E-state index in [4.69, 9.17) is 8.83 Å². The van der Waals surface area contributed by atoms with Gasteiger partial charge in [0.25, 0.3) is 0 Å². The van der Waals surface area contributed by atoms with E-state index in [-0.39, 0.29) is 0 Å². The van der Waals surface area contributed by atoms with Gasteiger partial charge in [-0.25, -0.2) is 8.78 Å². The molecule has 562 valence electrons. The Morgan fingerprint density at radius 1 is 0.208 bits per heavy atom. The predicted octanol–water partition coefficient (Wildman–Crippen LogP) is 31.3. The number of benzene rings is 20. The second-order valence-corrected chi connectivity index (χ2v) is 31.7. The molecule has 2 heterocycles. The fourth-order valence-corrected chi connectivity index (χ4v) is 20.9. The van der Waals surface area contributed by atoms with Gasteiger partial charge in [-0.3, -0.25) is 0 Å². The third-order valence-corrected chi connectivity index (χ3v) is 25.7. The average Bonchev–Trinajstić information content (AvgIpc) is 1.46. The molecule has 2 atom stereocenters. The van der Waals surface area contributed by atoms with E-state index in [1.165, 1.54) is 0 Å². The average molecular weight is 1540 g/mol. The van der Waals surface area contributed by atoms with Crippen molar-refractivity contribution in [2.45, 2.75) is 10.8 Å². The normalized spacial score (nSPS) is 14.7. The summed E-state index contributed by atoms with van der Waals surface area (Å²) in [5.74, 6) is -0.849. The fraction of sp³-hybridized carbons (Fsp3) is 0.0175. The van der Waals surface area contributed by atoms with Crippen LogP contribution < -0.4 is 9.80 Å². The molecule has 0 fully saturated rings. The van der Waals surface area contributed by atoms with Crippen LogP contribution in [-0.2, 0) is 10.8 Å². The van der Waals surface area contributed by atoms with E-state index in [1.54, 1.807) is 12.1 Å². The Labute approximate surface area is 691 Å². The number of hydrogen-bond acceptors (Lipinski definition) is 4. The molecule has 2 aromatic heterocycles. The van der Waals surface area contributed by atoms with Gasteiger partial charge in [0, 0.05) is 43.4 Å². The van der Waals surface area contributed by atoms with Crippen molar-refractivity contribution in [3.8, 4) is 66.8 Å². The van der Waals surface area contributed by atoms with Gasteiger partial charge in [0.15, 0.2) is 11.2 Å². The van der Waals surface area contributed by atoms with Crippen LogP contribution in [0.3, 0.4) is 0 Å². The van der Waals surface area contributed by atoms with Crippen LogP contribution in [0, 0.1) is 11.6 Å². The summed E-state index contributed by atoms with van der Waals surface area (Å²) in [6, 6.07) is 150. The summed E-state index contributed by atoms with van der Waals surface area (Å²) in [5.41, 5.74) is 20.1. The van der Waals surface area contributed by atoms with E-state index in [2.05, 4.69) is 289 Å². The van der Waals surface area contributed by atoms with Gasteiger partial charge in [0.2, 0.25) is 0 Å². The lowest BCUT2D eigenvalue weighted by Gasteiger charge is -2.51. The first kappa shape index (κ1) is 68.9. The molecule has 0 amide bonds. The molecule has 0 aliphatic heterocycles. The molecule has 0 bridgehead atoms. The molecule has 24 rings (SSSR count). The quantitative estimate of drug-likeness (QED) is 0.115. The van der Waals surface area contributed by atoms with E-state index < -0.39 is 22.5 Å². The summed E-state index contributed by atoms with van der Waals surface area (Å²) in [6.45, 7) is 0. The molecule has 20 aromatic carbocycles. The number of halogens is 2. The molecule has 0 spiro atoms. The second kappa shape index (κ2) is 27.0. The zero-order chi connectivity index (χ0) is 79.3. The van der Waals surface area contributed by atoms with Crippen LogP contribution >= 0.6 is 0 Å². The number of rotatable bonds is 13. The smallest absolute Gasteiger partial charge is 0.159 e. The van der Waals surface area contributed by atoms with Crippen LogP contribution in [0.15, 0.2) is 433 Å². The Kier molecular flexibility index (Phi) is 15.5. The molecular weight excluding hydrogens is 1470 g/mol. The first-order valence-electron chi connectivity index (χ1n) is 41.0. The second-order valence-electron chi connectivity index (χ2n) is 31.7. The lowest BCUT2D eigenvalue weighted by molar-refractivity contribution is 0.438. The van der Waals surface area contributed by atoms with Gasteiger partial charge in [-0.15, -0.1) is 0 Å². The first-order chi connectivity index (χ1) is 59.4. The molecule has 0 N–H and O–H groups in total. The number of nitrogens with zero attached hydrogens (tertiary/aromatic N) is 2. The molecule has 120 heavy (non-hydrogen) atoms. The number of furan rings is 2. The minimum Gasteiger partial charge on any atom is -0.454 e. The van der Waals surface area contributed by atoms with Crippen molar-refractivity contribution >= 4 is 121 Å². The third kappa shape index (κ3) is 9.97. The lowest BCUT2D eigenvalue weighted by Crippen LogP contribution is -2.50. The highest BCUT2D eigenvalue weighted by atomic mass is 19.1. The number of fused-ring (bicyclic) bond motifs is 20. The van der Waals surface area contributed by atoms with Crippen molar-refractivity contribution in [2.75, 3.05) is 9.80 Å². The van der Waals surface area contributed by atoms with Gasteiger partial charge >= 0.3 is 0 Å². The van der Waals surface area contributed by atoms with E-state index in [0.717, 1.165) is 165 Å². The standard InChI is InChI=1S/C114H70F2N2O2/c115-97-67-77(71-33-7-1-8-34-71)65-91(73-37-11-3-12-38-73)109(97)117(99-57-31-55-89-85-51-27-29-59-103(85)119-111(89)99)101-69-95-107(87-53-25-23-49-83(87)101)105-81-47-21-19-41-75(81)61-63-93(105)113(95,79-43-15-5-16-44-79)114(80-45-17-6-18-46-80)94-64-62-76-42-20-22-48-82(76)106(94)108-88-54-26-24-50-84(88)102(70-96(108)114)118(100-58-32-56-90-86-52-28-30-60-104(86)120-112(90)100)110-92(74-39-13-4-14-40-74)66-78(68-98(110)116)72-35-9-2-10-36-72/h1-70H. The Morgan fingerprint density at radius 3 is 0.908 bits per heavy atom. The van der Waals surface area contributed by atoms with E-state index in [0.29, 0.717) is 56.2 Å². The van der Waals surface area contributed by atoms with Crippen molar-refractivity contribution in [1.82, 2.24) is 0 Å². The molecule has 2 unspecified atom stereocenters. The molecule has 22 aromatic rings. The van der Waals surface area contributed by atoms with Gasteiger partial charge in [-0.05, 0) is 182 Å². The van der Waals surface area contributed by atoms with Crippen molar-refractivity contribution < 1.29 is 17.6 Å². The molecule has 2 aliphatic carbocycles. The maximum absolute atomic E-state index is 19.9. The summed E-state index contributed by atoms with van der Waals surface area (Å²) in [4.78, 5) is 4.39. The Hall–Kier alpha value is -15.5. The minimum atomic E-state index is -1.36. The molecular formula is C114H70F2N2O2. The highest BCUT2D eigenvalue weighted by Gasteiger charge is 2.66. The van der Waals surface area contributed by atoms with Crippen molar-refractivity contribution in [3.63, 3.8) is 0 Å². The fourth-order valence-electron chi connectivity index (χ4n) is 20.9. The highest BCUT2D eigenvalue weighted by molar-refractivity contribution is 6.22. The zero-order valence-electron chi connectivity index (χ0n) is 64.9. The monoisotopic (exact) mass is 1540 g/mol. The summed E-state index contributed by atoms with van der Waals surface area (Å²) in [7, 11) is 0. The van der Waals surface area contributed by atoms with E-state index >= 15 is 8.78 Å². The Balaban J connectivity index is 0.913. The van der Waals surface area contributed by atoms with Crippen LogP contribution in [0.1, 0.15) is 33.4 Å². The van der Waals surface area contributed by atoms with Crippen LogP contribution in [0.5, 0.6) is 0 Å². The number of anilines is 6. The van der Waals surface area contributed by atoms with E-state index in [9.17, 15) is 0 Å². The number of hydrogen-bond donors (Lipinski definition) is 0. The summed E-state index contributed by atoms with van der Waals surface area (Å²) in [6.07, 6.45) is 0. The third-order valence-electron chi connectivity index (χ3n) is 25.7. The van der Waals surface area contributed by atoms with Gasteiger partial charge in [-0.2, -0.15) is 0 Å². The molecule has 0 saturated carbocycles.